The summed E-state index contributed by atoms with van der Waals surface area (Å²) in [6, 6.07) is 16.9. The maximum atomic E-state index is 13.3. The molecule has 2 unspecified atom stereocenters. The number of aryl methyl sites for hydroxylation is 1. The number of aromatic nitrogens is 1. The Morgan fingerprint density at radius 3 is 2.33 bits per heavy atom. The van der Waals surface area contributed by atoms with E-state index in [1.165, 1.54) is 9.75 Å². The molecule has 0 saturated carbocycles. The molecular formula is C25H26F3N3O4S. The fourth-order valence-electron chi connectivity index (χ4n) is 4.62. The molecule has 36 heavy (non-hydrogen) atoms. The lowest BCUT2D eigenvalue weighted by molar-refractivity contribution is -0.192. The molecule has 2 atom stereocenters. The third-order valence-corrected chi connectivity index (χ3v) is 7.27. The Hall–Kier alpha value is -3.31. The number of thiophene rings is 1. The number of carboxylic acids is 1. The number of fused-ring (bicyclic) bond motifs is 3. The van der Waals surface area contributed by atoms with Gasteiger partial charge in [0.2, 0.25) is 0 Å². The zero-order valence-corrected chi connectivity index (χ0v) is 20.6. The van der Waals surface area contributed by atoms with Gasteiger partial charge in [0.25, 0.3) is 5.91 Å². The van der Waals surface area contributed by atoms with E-state index >= 15 is 0 Å². The molecular weight excluding hydrogens is 495 g/mol. The molecule has 2 aromatic heterocycles. The first-order valence-corrected chi connectivity index (χ1v) is 12.1. The second-order valence-corrected chi connectivity index (χ2v) is 10.1. The molecule has 4 heterocycles. The summed E-state index contributed by atoms with van der Waals surface area (Å²) in [5, 5.41) is 7.12. The van der Waals surface area contributed by atoms with Gasteiger partial charge in [-0.3, -0.25) is 9.69 Å². The van der Waals surface area contributed by atoms with Gasteiger partial charge in [-0.15, -0.1) is 11.3 Å². The van der Waals surface area contributed by atoms with Crippen LogP contribution in [-0.2, 0) is 17.9 Å². The summed E-state index contributed by atoms with van der Waals surface area (Å²) in [4.78, 5) is 29.5. The quantitative estimate of drug-likeness (QED) is 0.532. The highest BCUT2D eigenvalue weighted by Gasteiger charge is 2.44. The third-order valence-electron chi connectivity index (χ3n) is 6.28. The number of hydrogen-bond donors (Lipinski definition) is 1. The average Bonchev–Trinajstić information content (AvgIpc) is 3.57. The van der Waals surface area contributed by atoms with Gasteiger partial charge in [-0.05, 0) is 48.9 Å². The summed E-state index contributed by atoms with van der Waals surface area (Å²) >= 11 is 1.86. The van der Waals surface area contributed by atoms with Gasteiger partial charge in [0, 0.05) is 42.1 Å². The second-order valence-electron chi connectivity index (χ2n) is 8.73. The van der Waals surface area contributed by atoms with Gasteiger partial charge in [0.05, 0.1) is 19.2 Å². The van der Waals surface area contributed by atoms with E-state index in [1.54, 1.807) is 7.11 Å². The number of aliphatic carboxylic acids is 1. The highest BCUT2D eigenvalue weighted by Crippen LogP contribution is 2.35. The average molecular weight is 522 g/mol. The minimum Gasteiger partial charge on any atom is -0.497 e. The van der Waals surface area contributed by atoms with Crippen molar-refractivity contribution in [3.63, 3.8) is 0 Å². The van der Waals surface area contributed by atoms with Crippen LogP contribution in [0.2, 0.25) is 0 Å². The van der Waals surface area contributed by atoms with E-state index in [1.807, 2.05) is 35.6 Å². The van der Waals surface area contributed by atoms with E-state index in [0.717, 1.165) is 36.6 Å². The van der Waals surface area contributed by atoms with Crippen molar-refractivity contribution in [2.75, 3.05) is 20.2 Å². The normalized spacial score (nSPS) is 19.4. The smallest absolute Gasteiger partial charge is 0.490 e. The zero-order chi connectivity index (χ0) is 26.0. The van der Waals surface area contributed by atoms with Crippen molar-refractivity contribution < 1.29 is 32.6 Å². The summed E-state index contributed by atoms with van der Waals surface area (Å²) in [5.41, 5.74) is 1.93. The minimum atomic E-state index is -5.08. The molecule has 1 amide bonds. The fraction of sp³-hybridized carbons (Fsp3) is 0.360. The van der Waals surface area contributed by atoms with E-state index in [9.17, 15) is 18.0 Å². The van der Waals surface area contributed by atoms with Crippen molar-refractivity contribution in [1.82, 2.24) is 14.4 Å². The number of nitrogens with zero attached hydrogens (tertiary/aromatic N) is 3. The molecule has 0 bridgehead atoms. The minimum absolute atomic E-state index is 0.126. The van der Waals surface area contributed by atoms with Gasteiger partial charge in [-0.1, -0.05) is 12.1 Å². The number of carbonyl (C=O) groups excluding carboxylic acids is 1. The van der Waals surface area contributed by atoms with Crippen LogP contribution in [0.4, 0.5) is 13.2 Å². The summed E-state index contributed by atoms with van der Waals surface area (Å²) < 4.78 is 39.2. The number of benzene rings is 1. The van der Waals surface area contributed by atoms with Crippen molar-refractivity contribution >= 4 is 23.2 Å². The molecule has 1 aromatic carbocycles. The largest absolute Gasteiger partial charge is 0.497 e. The standard InChI is InChI=1S/C23H25N3O2S.C2HF3O2/c1-16-5-10-19(29-16)13-24-14-21-22(15-24)26(23(27)20-4-3-11-25(20)21)12-17-6-8-18(28-2)9-7-17;3-2(4,5)1(6)7/h3-11,21-22H,12-15H2,1-2H3;(H,6,7). The van der Waals surface area contributed by atoms with E-state index in [0.29, 0.717) is 12.6 Å². The second kappa shape index (κ2) is 10.4. The number of likely N-dealkylation sites (tertiary alicyclic amines) is 1. The molecule has 11 heteroatoms. The third kappa shape index (κ3) is 5.57. The Kier molecular flexibility index (Phi) is 7.41. The van der Waals surface area contributed by atoms with Gasteiger partial charge in [-0.25, -0.2) is 4.79 Å². The van der Waals surface area contributed by atoms with Crippen LogP contribution < -0.4 is 4.74 Å². The lowest BCUT2D eigenvalue weighted by Gasteiger charge is -2.38. The fourth-order valence-corrected chi connectivity index (χ4v) is 5.56. The highest BCUT2D eigenvalue weighted by atomic mass is 32.1. The van der Waals surface area contributed by atoms with Crippen LogP contribution in [0.25, 0.3) is 0 Å². The summed E-state index contributed by atoms with van der Waals surface area (Å²) in [6.45, 7) is 5.60. The predicted octanol–water partition coefficient (Wildman–Crippen LogP) is 4.58. The Labute approximate surface area is 210 Å². The number of hydrogen-bond acceptors (Lipinski definition) is 5. The highest BCUT2D eigenvalue weighted by molar-refractivity contribution is 7.11. The number of halogens is 3. The summed E-state index contributed by atoms with van der Waals surface area (Å²) in [5.74, 6) is -1.79. The monoisotopic (exact) mass is 521 g/mol. The van der Waals surface area contributed by atoms with E-state index in [2.05, 4.69) is 51.8 Å². The molecule has 1 fully saturated rings. The van der Waals surface area contributed by atoms with Crippen molar-refractivity contribution in [2.45, 2.75) is 38.3 Å². The number of amides is 1. The maximum absolute atomic E-state index is 13.3. The van der Waals surface area contributed by atoms with Gasteiger partial charge in [-0.2, -0.15) is 13.2 Å². The molecule has 192 valence electrons. The summed E-state index contributed by atoms with van der Waals surface area (Å²) in [7, 11) is 1.67. The number of alkyl halides is 3. The van der Waals surface area contributed by atoms with Gasteiger partial charge >= 0.3 is 12.1 Å². The molecule has 2 aliphatic heterocycles. The topological polar surface area (TPSA) is 75.0 Å². The van der Waals surface area contributed by atoms with E-state index in [4.69, 9.17) is 14.6 Å². The number of carbonyl (C=O) groups is 2. The SMILES string of the molecule is COc1ccc(CN2C(=O)c3cccn3C3CN(Cc4ccc(C)s4)CC32)cc1.O=C(O)C(F)(F)F. The first-order valence-electron chi connectivity index (χ1n) is 11.3. The molecule has 0 spiro atoms. The first kappa shape index (κ1) is 25.8. The number of ether oxygens (including phenoxy) is 1. The molecule has 2 aliphatic rings. The van der Waals surface area contributed by atoms with Crippen molar-refractivity contribution in [1.29, 1.82) is 0 Å². The van der Waals surface area contributed by atoms with Crippen molar-refractivity contribution in [3.8, 4) is 5.75 Å². The van der Waals surface area contributed by atoms with E-state index < -0.39 is 12.1 Å². The molecule has 0 aliphatic carbocycles. The maximum Gasteiger partial charge on any atom is 0.490 e. The van der Waals surface area contributed by atoms with Crippen LogP contribution in [0, 0.1) is 6.92 Å². The Bertz CT molecular complexity index is 1220. The van der Waals surface area contributed by atoms with Crippen molar-refractivity contribution in [2.24, 2.45) is 0 Å². The zero-order valence-electron chi connectivity index (χ0n) is 19.7. The van der Waals surface area contributed by atoms with Crippen LogP contribution in [0.15, 0.2) is 54.7 Å². The van der Waals surface area contributed by atoms with Gasteiger partial charge < -0.3 is 19.3 Å². The Morgan fingerprint density at radius 1 is 1.08 bits per heavy atom. The van der Waals surface area contributed by atoms with Crippen LogP contribution in [-0.4, -0.2) is 63.8 Å². The molecule has 5 rings (SSSR count). The molecule has 3 aromatic rings. The molecule has 7 nitrogen and oxygen atoms in total. The van der Waals surface area contributed by atoms with Crippen LogP contribution in [0.5, 0.6) is 5.75 Å². The first-order chi connectivity index (χ1) is 17.1. The Balaban J connectivity index is 0.000000384. The Morgan fingerprint density at radius 2 is 1.75 bits per heavy atom. The van der Waals surface area contributed by atoms with Crippen LogP contribution in [0.1, 0.15) is 31.8 Å². The van der Waals surface area contributed by atoms with Gasteiger partial charge in [0.1, 0.15) is 11.4 Å². The number of carboxylic acid groups (broad SMARTS) is 1. The number of rotatable bonds is 5. The van der Waals surface area contributed by atoms with Crippen molar-refractivity contribution in [3.05, 3.63) is 75.7 Å². The van der Waals surface area contributed by atoms with E-state index in [-0.39, 0.29) is 11.9 Å². The predicted molar refractivity (Wildman–Crippen MR) is 128 cm³/mol. The number of methoxy groups -OCH3 is 1. The molecule has 1 N–H and O–H groups in total. The summed E-state index contributed by atoms with van der Waals surface area (Å²) in [6.07, 6.45) is -3.02. The molecule has 1 saturated heterocycles. The lowest BCUT2D eigenvalue weighted by Crippen LogP contribution is -2.49. The molecule has 0 radical (unpaired) electrons. The lowest BCUT2D eigenvalue weighted by atomic mass is 10.0. The van der Waals surface area contributed by atoms with Gasteiger partial charge in [0.15, 0.2) is 0 Å². The van der Waals surface area contributed by atoms with Crippen LogP contribution >= 0.6 is 11.3 Å². The van der Waals surface area contributed by atoms with Crippen LogP contribution in [0.3, 0.4) is 0 Å².